The predicted octanol–water partition coefficient (Wildman–Crippen LogP) is 4.86. The van der Waals surface area contributed by atoms with Gasteiger partial charge in [0.2, 0.25) is 0 Å². The smallest absolute Gasteiger partial charge is 0.0606 e. The second-order valence-electron chi connectivity index (χ2n) is 6.09. The van der Waals surface area contributed by atoms with E-state index >= 15 is 0 Å². The minimum atomic E-state index is 0.644. The third-order valence-corrected chi connectivity index (χ3v) is 4.37. The second-order valence-corrected chi connectivity index (χ2v) is 6.09. The molecular formula is C17H28N2. The number of hydrogen-bond acceptors (Lipinski definition) is 2. The van der Waals surface area contributed by atoms with Gasteiger partial charge >= 0.3 is 0 Å². The Balaban J connectivity index is 1.92. The van der Waals surface area contributed by atoms with Crippen LogP contribution in [0, 0.1) is 19.8 Å². The topological polar surface area (TPSA) is 24.9 Å². The van der Waals surface area contributed by atoms with Gasteiger partial charge in [-0.3, -0.25) is 4.98 Å². The molecule has 2 unspecified atom stereocenters. The third-order valence-electron chi connectivity index (χ3n) is 4.37. The van der Waals surface area contributed by atoms with Crippen molar-refractivity contribution >= 4 is 5.69 Å². The lowest BCUT2D eigenvalue weighted by molar-refractivity contribution is 0.422. The molecule has 0 bridgehead atoms. The molecule has 1 N–H and O–H groups in total. The summed E-state index contributed by atoms with van der Waals surface area (Å²) in [5, 5.41) is 3.72. The molecule has 1 aromatic rings. The first-order valence-corrected chi connectivity index (χ1v) is 7.89. The van der Waals surface area contributed by atoms with E-state index in [1.54, 1.807) is 0 Å². The number of hydrogen-bond donors (Lipinski definition) is 1. The fraction of sp³-hybridized carbons (Fsp3) is 0.706. The van der Waals surface area contributed by atoms with Crippen LogP contribution in [0.4, 0.5) is 5.69 Å². The molecule has 2 heteroatoms. The van der Waals surface area contributed by atoms with Gasteiger partial charge in [-0.25, -0.2) is 0 Å². The van der Waals surface area contributed by atoms with Crippen LogP contribution in [0.15, 0.2) is 12.1 Å². The van der Waals surface area contributed by atoms with Crippen LogP contribution in [0.2, 0.25) is 0 Å². The minimum Gasteiger partial charge on any atom is -0.381 e. The molecule has 2 atom stereocenters. The summed E-state index contributed by atoms with van der Waals surface area (Å²) < 4.78 is 0. The van der Waals surface area contributed by atoms with E-state index in [4.69, 9.17) is 0 Å². The minimum absolute atomic E-state index is 0.644. The van der Waals surface area contributed by atoms with Gasteiger partial charge in [-0.2, -0.15) is 0 Å². The van der Waals surface area contributed by atoms with Crippen LogP contribution in [0.25, 0.3) is 0 Å². The highest BCUT2D eigenvalue weighted by Gasteiger charge is 2.18. The molecule has 0 amide bonds. The van der Waals surface area contributed by atoms with Crippen molar-refractivity contribution in [3.63, 3.8) is 0 Å². The fourth-order valence-electron chi connectivity index (χ4n) is 3.28. The summed E-state index contributed by atoms with van der Waals surface area (Å²) in [6.07, 6.45) is 9.58. The van der Waals surface area contributed by atoms with E-state index in [0.717, 1.165) is 17.3 Å². The summed E-state index contributed by atoms with van der Waals surface area (Å²) in [7, 11) is 0. The van der Waals surface area contributed by atoms with Crippen molar-refractivity contribution < 1.29 is 0 Å². The number of aryl methyl sites for hydroxylation is 2. The number of aromatic nitrogens is 1. The van der Waals surface area contributed by atoms with Crippen molar-refractivity contribution in [2.24, 2.45) is 5.92 Å². The lowest BCUT2D eigenvalue weighted by Crippen LogP contribution is -2.19. The Kier molecular flexibility index (Phi) is 5.24. The molecule has 0 aliphatic heterocycles. The van der Waals surface area contributed by atoms with Gasteiger partial charge in [0.1, 0.15) is 0 Å². The molecule has 0 saturated heterocycles. The van der Waals surface area contributed by atoms with Crippen molar-refractivity contribution in [3.8, 4) is 0 Å². The molecule has 0 aromatic carbocycles. The van der Waals surface area contributed by atoms with Gasteiger partial charge in [-0.1, -0.05) is 32.6 Å². The van der Waals surface area contributed by atoms with E-state index in [9.17, 15) is 0 Å². The van der Waals surface area contributed by atoms with Crippen LogP contribution >= 0.6 is 0 Å². The van der Waals surface area contributed by atoms with Gasteiger partial charge in [0, 0.05) is 11.7 Å². The van der Waals surface area contributed by atoms with Crippen molar-refractivity contribution in [1.82, 2.24) is 4.98 Å². The lowest BCUT2D eigenvalue weighted by atomic mass is 9.95. The molecule has 1 saturated carbocycles. The number of anilines is 1. The first-order valence-electron chi connectivity index (χ1n) is 7.89. The number of nitrogens with one attached hydrogen (secondary N) is 1. The Hall–Kier alpha value is -1.05. The van der Waals surface area contributed by atoms with Crippen molar-refractivity contribution in [1.29, 1.82) is 0 Å². The van der Waals surface area contributed by atoms with E-state index < -0.39 is 0 Å². The normalized spacial score (nSPS) is 23.9. The van der Waals surface area contributed by atoms with Crippen LogP contribution in [0.1, 0.15) is 63.3 Å². The summed E-state index contributed by atoms with van der Waals surface area (Å²) in [4.78, 5) is 4.54. The van der Waals surface area contributed by atoms with Gasteiger partial charge in [0.05, 0.1) is 11.4 Å². The Morgan fingerprint density at radius 1 is 1.16 bits per heavy atom. The summed E-state index contributed by atoms with van der Waals surface area (Å²) in [5.41, 5.74) is 3.46. The van der Waals surface area contributed by atoms with Crippen LogP contribution < -0.4 is 5.32 Å². The van der Waals surface area contributed by atoms with Crippen LogP contribution in [-0.4, -0.2) is 11.0 Å². The zero-order valence-corrected chi connectivity index (χ0v) is 12.7. The Labute approximate surface area is 118 Å². The fourth-order valence-corrected chi connectivity index (χ4v) is 3.28. The SMILES string of the molecule is CCCC1CCCC(Nc2ccc(C)nc2C)CC1. The van der Waals surface area contributed by atoms with Crippen molar-refractivity contribution in [2.75, 3.05) is 5.32 Å². The predicted molar refractivity (Wildman–Crippen MR) is 82.6 cm³/mol. The summed E-state index contributed by atoms with van der Waals surface area (Å²) in [6.45, 7) is 6.46. The van der Waals surface area contributed by atoms with Gasteiger partial charge in [0.15, 0.2) is 0 Å². The average Bonchev–Trinajstić information content (AvgIpc) is 2.59. The van der Waals surface area contributed by atoms with Gasteiger partial charge in [0.25, 0.3) is 0 Å². The highest BCUT2D eigenvalue weighted by atomic mass is 14.9. The molecular weight excluding hydrogens is 232 g/mol. The summed E-state index contributed by atoms with van der Waals surface area (Å²) in [6, 6.07) is 4.93. The molecule has 0 radical (unpaired) electrons. The Morgan fingerprint density at radius 2 is 2.00 bits per heavy atom. The van der Waals surface area contributed by atoms with Gasteiger partial charge < -0.3 is 5.32 Å². The van der Waals surface area contributed by atoms with E-state index in [0.29, 0.717) is 6.04 Å². The summed E-state index contributed by atoms with van der Waals surface area (Å²) >= 11 is 0. The maximum absolute atomic E-state index is 4.54. The average molecular weight is 260 g/mol. The van der Waals surface area contributed by atoms with E-state index in [1.165, 1.54) is 50.6 Å². The molecule has 1 aliphatic rings. The van der Waals surface area contributed by atoms with Crippen LogP contribution in [0.5, 0.6) is 0 Å². The molecule has 19 heavy (non-hydrogen) atoms. The molecule has 2 rings (SSSR count). The zero-order valence-electron chi connectivity index (χ0n) is 12.7. The highest BCUT2D eigenvalue weighted by Crippen LogP contribution is 2.28. The van der Waals surface area contributed by atoms with Crippen molar-refractivity contribution in [3.05, 3.63) is 23.5 Å². The van der Waals surface area contributed by atoms with Crippen molar-refractivity contribution in [2.45, 2.75) is 71.8 Å². The van der Waals surface area contributed by atoms with E-state index in [-0.39, 0.29) is 0 Å². The molecule has 0 spiro atoms. The molecule has 1 heterocycles. The number of rotatable bonds is 4. The Morgan fingerprint density at radius 3 is 2.74 bits per heavy atom. The molecule has 2 nitrogen and oxygen atoms in total. The molecule has 1 fully saturated rings. The van der Waals surface area contributed by atoms with E-state index in [2.05, 4.69) is 43.2 Å². The van der Waals surface area contributed by atoms with Crippen LogP contribution in [0.3, 0.4) is 0 Å². The quantitative estimate of drug-likeness (QED) is 0.782. The number of pyridine rings is 1. The maximum atomic E-state index is 4.54. The number of nitrogens with zero attached hydrogens (tertiary/aromatic N) is 1. The summed E-state index contributed by atoms with van der Waals surface area (Å²) in [5.74, 6) is 0.967. The zero-order chi connectivity index (χ0) is 13.7. The monoisotopic (exact) mass is 260 g/mol. The Bertz CT molecular complexity index is 400. The highest BCUT2D eigenvalue weighted by molar-refractivity contribution is 5.48. The maximum Gasteiger partial charge on any atom is 0.0606 e. The second kappa shape index (κ2) is 6.93. The van der Waals surface area contributed by atoms with Gasteiger partial charge in [-0.15, -0.1) is 0 Å². The van der Waals surface area contributed by atoms with E-state index in [1.807, 2.05) is 0 Å². The van der Waals surface area contributed by atoms with Gasteiger partial charge in [-0.05, 0) is 51.2 Å². The standard InChI is InChI=1S/C17H28N2/c1-4-6-15-7-5-8-16(11-10-15)19-17-12-9-13(2)18-14(17)3/h9,12,15-16,19H,4-8,10-11H2,1-3H3. The lowest BCUT2D eigenvalue weighted by Gasteiger charge is -2.19. The largest absolute Gasteiger partial charge is 0.381 e. The molecule has 1 aliphatic carbocycles. The molecule has 106 valence electrons. The first kappa shape index (κ1) is 14.4. The third kappa shape index (κ3) is 4.22. The molecule has 1 aromatic heterocycles. The first-order chi connectivity index (χ1) is 9.19. The van der Waals surface area contributed by atoms with Crippen LogP contribution in [-0.2, 0) is 0 Å².